The predicted molar refractivity (Wildman–Crippen MR) is 62.4 cm³/mol. The summed E-state index contributed by atoms with van der Waals surface area (Å²) in [6, 6.07) is 7.03. The number of halogens is 1. The molecule has 0 bridgehead atoms. The molecule has 1 aromatic rings. The first kappa shape index (κ1) is 11.4. The van der Waals surface area contributed by atoms with Gasteiger partial charge in [-0.3, -0.25) is 4.39 Å². The number of benzene rings is 1. The van der Waals surface area contributed by atoms with E-state index >= 15 is 0 Å². The zero-order chi connectivity index (χ0) is 11.6. The van der Waals surface area contributed by atoms with Crippen LogP contribution in [0.3, 0.4) is 0 Å². The largest absolute Gasteiger partial charge is 0.508 e. The second kappa shape index (κ2) is 4.42. The highest BCUT2D eigenvalue weighted by atomic mass is 19.1. The lowest BCUT2D eigenvalue weighted by Gasteiger charge is -2.41. The Morgan fingerprint density at radius 1 is 1.56 bits per heavy atom. The van der Waals surface area contributed by atoms with Crippen LogP contribution in [-0.4, -0.2) is 24.9 Å². The maximum atomic E-state index is 13.5. The Hall–Kier alpha value is -1.09. The first-order chi connectivity index (χ1) is 7.69. The Kier molecular flexibility index (Phi) is 3.15. The molecule has 0 aliphatic carbocycles. The van der Waals surface area contributed by atoms with Crippen LogP contribution in [0.5, 0.6) is 5.75 Å². The van der Waals surface area contributed by atoms with Gasteiger partial charge in [-0.2, -0.15) is 0 Å². The third kappa shape index (κ3) is 1.80. The molecule has 1 fully saturated rings. The van der Waals surface area contributed by atoms with Crippen molar-refractivity contribution in [2.24, 2.45) is 5.92 Å². The van der Waals surface area contributed by atoms with Gasteiger partial charge >= 0.3 is 0 Å². The van der Waals surface area contributed by atoms with Crippen LogP contribution in [0.25, 0.3) is 0 Å². The Bertz CT molecular complexity index is 369. The van der Waals surface area contributed by atoms with Gasteiger partial charge in [0.2, 0.25) is 0 Å². The highest BCUT2D eigenvalue weighted by molar-refractivity contribution is 5.34. The van der Waals surface area contributed by atoms with Gasteiger partial charge in [-0.25, -0.2) is 0 Å². The highest BCUT2D eigenvalue weighted by Gasteiger charge is 2.40. The van der Waals surface area contributed by atoms with Crippen molar-refractivity contribution < 1.29 is 9.50 Å². The first-order valence-electron chi connectivity index (χ1n) is 5.75. The molecule has 88 valence electrons. The van der Waals surface area contributed by atoms with Crippen molar-refractivity contribution in [1.82, 2.24) is 5.32 Å². The summed E-state index contributed by atoms with van der Waals surface area (Å²) in [5.74, 6) is 0.462. The molecule has 1 aliphatic heterocycles. The number of nitrogens with one attached hydrogen (secondary N) is 1. The molecule has 2 nitrogen and oxygen atoms in total. The van der Waals surface area contributed by atoms with Gasteiger partial charge in [-0.05, 0) is 43.1 Å². The molecule has 1 saturated heterocycles. The van der Waals surface area contributed by atoms with Crippen LogP contribution >= 0.6 is 0 Å². The van der Waals surface area contributed by atoms with E-state index in [4.69, 9.17) is 0 Å². The summed E-state index contributed by atoms with van der Waals surface area (Å²) in [4.78, 5) is 0. The maximum absolute atomic E-state index is 13.5. The van der Waals surface area contributed by atoms with Crippen molar-refractivity contribution >= 4 is 0 Å². The average molecular weight is 223 g/mol. The summed E-state index contributed by atoms with van der Waals surface area (Å²) in [7, 11) is 0. The van der Waals surface area contributed by atoms with E-state index in [-0.39, 0.29) is 18.3 Å². The first-order valence-corrected chi connectivity index (χ1v) is 5.75. The zero-order valence-corrected chi connectivity index (χ0v) is 9.54. The van der Waals surface area contributed by atoms with Crippen molar-refractivity contribution in [3.63, 3.8) is 0 Å². The third-order valence-corrected chi connectivity index (χ3v) is 3.80. The number of alkyl halides is 1. The van der Waals surface area contributed by atoms with Gasteiger partial charge in [0, 0.05) is 5.41 Å². The fourth-order valence-electron chi connectivity index (χ4n) is 2.59. The molecule has 1 heterocycles. The van der Waals surface area contributed by atoms with Gasteiger partial charge in [-0.15, -0.1) is 0 Å². The molecule has 0 unspecified atom stereocenters. The average Bonchev–Trinajstić information content (AvgIpc) is 2.30. The number of aromatic hydroxyl groups is 1. The van der Waals surface area contributed by atoms with Gasteiger partial charge in [0.1, 0.15) is 5.75 Å². The fraction of sp³-hybridized carbons (Fsp3) is 0.538. The van der Waals surface area contributed by atoms with E-state index in [9.17, 15) is 9.50 Å². The molecule has 0 spiro atoms. The molecule has 0 saturated carbocycles. The molecule has 1 aliphatic rings. The number of rotatable bonds is 2. The van der Waals surface area contributed by atoms with E-state index in [0.717, 1.165) is 25.1 Å². The lowest BCUT2D eigenvalue weighted by molar-refractivity contribution is 0.168. The molecule has 0 aromatic heterocycles. The Labute approximate surface area is 95.5 Å². The van der Waals surface area contributed by atoms with Gasteiger partial charge in [-0.1, -0.05) is 19.1 Å². The minimum atomic E-state index is -0.427. The van der Waals surface area contributed by atoms with Gasteiger partial charge in [0.15, 0.2) is 0 Å². The summed E-state index contributed by atoms with van der Waals surface area (Å²) in [5.41, 5.74) is 0.494. The van der Waals surface area contributed by atoms with E-state index < -0.39 is 5.41 Å². The van der Waals surface area contributed by atoms with Crippen LogP contribution in [0.1, 0.15) is 18.9 Å². The predicted octanol–water partition coefficient (Wildman–Crippen LogP) is 2.23. The summed E-state index contributed by atoms with van der Waals surface area (Å²) in [5, 5.41) is 12.8. The van der Waals surface area contributed by atoms with Gasteiger partial charge in [0.25, 0.3) is 0 Å². The van der Waals surface area contributed by atoms with Crippen LogP contribution in [0, 0.1) is 5.92 Å². The summed E-state index contributed by atoms with van der Waals surface area (Å²) >= 11 is 0. The summed E-state index contributed by atoms with van der Waals surface area (Å²) in [6.45, 7) is 3.37. The maximum Gasteiger partial charge on any atom is 0.115 e. The van der Waals surface area contributed by atoms with Crippen LogP contribution in [0.15, 0.2) is 24.3 Å². The minimum absolute atomic E-state index is 0.219. The normalized spacial score (nSPS) is 30.2. The summed E-state index contributed by atoms with van der Waals surface area (Å²) < 4.78 is 13.5. The zero-order valence-electron chi connectivity index (χ0n) is 9.54. The molecule has 0 amide bonds. The van der Waals surface area contributed by atoms with Crippen molar-refractivity contribution in [3.05, 3.63) is 29.8 Å². The van der Waals surface area contributed by atoms with Crippen LogP contribution < -0.4 is 5.32 Å². The Morgan fingerprint density at radius 3 is 3.00 bits per heavy atom. The van der Waals surface area contributed by atoms with E-state index in [1.807, 2.05) is 6.07 Å². The monoisotopic (exact) mass is 223 g/mol. The second-order valence-electron chi connectivity index (χ2n) is 4.70. The van der Waals surface area contributed by atoms with Crippen molar-refractivity contribution in [2.45, 2.75) is 18.8 Å². The van der Waals surface area contributed by atoms with E-state index in [1.165, 1.54) is 0 Å². The quantitative estimate of drug-likeness (QED) is 0.805. The number of piperidine rings is 1. The molecule has 2 atom stereocenters. The van der Waals surface area contributed by atoms with Crippen LogP contribution in [0.2, 0.25) is 0 Å². The molecule has 3 heteroatoms. The molecule has 0 radical (unpaired) electrons. The molecular weight excluding hydrogens is 205 g/mol. The topological polar surface area (TPSA) is 32.3 Å². The van der Waals surface area contributed by atoms with Crippen molar-refractivity contribution in [2.75, 3.05) is 19.8 Å². The molecule has 1 aromatic carbocycles. The number of phenols is 1. The fourth-order valence-corrected chi connectivity index (χ4v) is 2.59. The van der Waals surface area contributed by atoms with Crippen molar-refractivity contribution in [3.8, 4) is 5.75 Å². The van der Waals surface area contributed by atoms with Crippen molar-refractivity contribution in [1.29, 1.82) is 0 Å². The Morgan fingerprint density at radius 2 is 2.38 bits per heavy atom. The van der Waals surface area contributed by atoms with Gasteiger partial charge in [0.05, 0.1) is 6.67 Å². The number of hydrogen-bond acceptors (Lipinski definition) is 2. The molecule has 16 heavy (non-hydrogen) atoms. The standard InChI is InChI=1S/C13H18FNO/c1-10-8-15-6-5-13(10,9-14)11-3-2-4-12(16)7-11/h2-4,7,10,15-16H,5-6,8-9H2,1H3/t10-,13+/m0/s1. The molecular formula is C13H18FNO. The Balaban J connectivity index is 2.40. The SMILES string of the molecule is C[C@H]1CNCC[C@]1(CF)c1cccc(O)c1. The van der Waals surface area contributed by atoms with Crippen LogP contribution in [-0.2, 0) is 5.41 Å². The second-order valence-corrected chi connectivity index (χ2v) is 4.70. The van der Waals surface area contributed by atoms with E-state index in [0.29, 0.717) is 0 Å². The summed E-state index contributed by atoms with van der Waals surface area (Å²) in [6.07, 6.45) is 0.786. The lowest BCUT2D eigenvalue weighted by atomic mass is 9.68. The highest BCUT2D eigenvalue weighted by Crippen LogP contribution is 2.39. The lowest BCUT2D eigenvalue weighted by Crippen LogP contribution is -2.48. The van der Waals surface area contributed by atoms with Gasteiger partial charge < -0.3 is 10.4 Å². The van der Waals surface area contributed by atoms with Crippen LogP contribution in [0.4, 0.5) is 4.39 Å². The van der Waals surface area contributed by atoms with E-state index in [2.05, 4.69) is 12.2 Å². The number of hydrogen-bond donors (Lipinski definition) is 2. The minimum Gasteiger partial charge on any atom is -0.508 e. The molecule has 2 rings (SSSR count). The van der Waals surface area contributed by atoms with E-state index in [1.54, 1.807) is 18.2 Å². The molecule has 2 N–H and O–H groups in total. The number of phenolic OH excluding ortho intramolecular Hbond substituents is 1. The third-order valence-electron chi connectivity index (χ3n) is 3.80. The smallest absolute Gasteiger partial charge is 0.115 e.